The summed E-state index contributed by atoms with van der Waals surface area (Å²) in [5.41, 5.74) is 5.53. The third kappa shape index (κ3) is 4.60. The summed E-state index contributed by atoms with van der Waals surface area (Å²) >= 11 is 0. The molecule has 0 aromatic rings. The molecule has 0 aromatic carbocycles. The first-order valence-corrected chi connectivity index (χ1v) is 5.77. The van der Waals surface area contributed by atoms with E-state index in [0.29, 0.717) is 5.92 Å². The number of halogens is 2. The molecule has 1 fully saturated rings. The fourth-order valence-electron chi connectivity index (χ4n) is 1.72. The third-order valence-electron chi connectivity index (χ3n) is 3.36. The SMILES string of the molecule is CC(C)CC(N)B1OC(C)(C)C(C)(C)O1.Cl.Cl. The van der Waals surface area contributed by atoms with E-state index in [1.807, 2.05) is 0 Å². The molecule has 1 saturated heterocycles. The second-order valence-corrected chi connectivity index (χ2v) is 5.92. The predicted octanol–water partition coefficient (Wildman–Crippen LogP) is 2.83. The highest BCUT2D eigenvalue weighted by Gasteiger charge is 2.52. The third-order valence-corrected chi connectivity index (χ3v) is 3.36. The molecule has 1 aliphatic rings. The molecular weight excluding hydrogens is 260 g/mol. The van der Waals surface area contributed by atoms with Gasteiger partial charge in [-0.25, -0.2) is 0 Å². The molecule has 3 nitrogen and oxygen atoms in total. The lowest BCUT2D eigenvalue weighted by Crippen LogP contribution is -2.42. The van der Waals surface area contributed by atoms with Gasteiger partial charge in [0.1, 0.15) is 0 Å². The van der Waals surface area contributed by atoms with Crippen molar-refractivity contribution in [2.75, 3.05) is 0 Å². The van der Waals surface area contributed by atoms with E-state index < -0.39 is 0 Å². The molecule has 1 heterocycles. The first kappa shape index (κ1) is 19.9. The highest BCUT2D eigenvalue weighted by atomic mass is 35.5. The van der Waals surface area contributed by atoms with E-state index in [2.05, 4.69) is 41.5 Å². The molecule has 17 heavy (non-hydrogen) atoms. The van der Waals surface area contributed by atoms with Crippen LogP contribution < -0.4 is 5.73 Å². The van der Waals surface area contributed by atoms with Crippen molar-refractivity contribution in [2.24, 2.45) is 11.7 Å². The average Bonchev–Trinajstić information content (AvgIpc) is 2.20. The molecular formula is C11H26BCl2NO2. The zero-order valence-electron chi connectivity index (χ0n) is 11.6. The molecule has 0 aliphatic carbocycles. The lowest BCUT2D eigenvalue weighted by atomic mass is 9.75. The minimum Gasteiger partial charge on any atom is -0.402 e. The summed E-state index contributed by atoms with van der Waals surface area (Å²) < 4.78 is 11.8. The van der Waals surface area contributed by atoms with Gasteiger partial charge in [0.2, 0.25) is 0 Å². The van der Waals surface area contributed by atoms with Gasteiger partial charge in [-0.1, -0.05) is 13.8 Å². The van der Waals surface area contributed by atoms with Crippen LogP contribution in [0.3, 0.4) is 0 Å². The van der Waals surface area contributed by atoms with E-state index in [-0.39, 0.29) is 49.1 Å². The summed E-state index contributed by atoms with van der Waals surface area (Å²) in [5.74, 6) is 0.532. The largest absolute Gasteiger partial charge is 0.475 e. The van der Waals surface area contributed by atoms with E-state index in [0.717, 1.165) is 6.42 Å². The first-order valence-electron chi connectivity index (χ1n) is 5.77. The van der Waals surface area contributed by atoms with Crippen LogP contribution in [0.25, 0.3) is 0 Å². The van der Waals surface area contributed by atoms with Crippen LogP contribution in [-0.2, 0) is 9.31 Å². The molecule has 0 radical (unpaired) electrons. The van der Waals surface area contributed by atoms with E-state index in [1.165, 1.54) is 0 Å². The van der Waals surface area contributed by atoms with Crippen molar-refractivity contribution < 1.29 is 9.31 Å². The monoisotopic (exact) mass is 285 g/mol. The van der Waals surface area contributed by atoms with Crippen LogP contribution in [-0.4, -0.2) is 24.3 Å². The van der Waals surface area contributed by atoms with Gasteiger partial charge >= 0.3 is 7.12 Å². The number of hydrogen-bond acceptors (Lipinski definition) is 3. The summed E-state index contributed by atoms with van der Waals surface area (Å²) in [5, 5.41) is 0. The van der Waals surface area contributed by atoms with Crippen LogP contribution in [0.1, 0.15) is 48.0 Å². The van der Waals surface area contributed by atoms with Crippen molar-refractivity contribution in [3.8, 4) is 0 Å². The fourth-order valence-corrected chi connectivity index (χ4v) is 1.72. The van der Waals surface area contributed by atoms with Crippen molar-refractivity contribution in [3.05, 3.63) is 0 Å². The second-order valence-electron chi connectivity index (χ2n) is 5.92. The van der Waals surface area contributed by atoms with Crippen molar-refractivity contribution in [2.45, 2.75) is 65.1 Å². The van der Waals surface area contributed by atoms with E-state index in [1.54, 1.807) is 0 Å². The van der Waals surface area contributed by atoms with Crippen molar-refractivity contribution in [3.63, 3.8) is 0 Å². The molecule has 1 aliphatic heterocycles. The van der Waals surface area contributed by atoms with Gasteiger partial charge in [-0.2, -0.15) is 0 Å². The van der Waals surface area contributed by atoms with Gasteiger partial charge in [0.25, 0.3) is 0 Å². The Bertz CT molecular complexity index is 222. The minimum absolute atomic E-state index is 0. The Hall–Kier alpha value is 0.525. The smallest absolute Gasteiger partial charge is 0.402 e. The van der Waals surface area contributed by atoms with E-state index in [9.17, 15) is 0 Å². The van der Waals surface area contributed by atoms with Gasteiger partial charge in [-0.05, 0) is 40.0 Å². The Morgan fingerprint density at radius 3 is 1.65 bits per heavy atom. The summed E-state index contributed by atoms with van der Waals surface area (Å²) in [7, 11) is -0.266. The molecule has 1 rings (SSSR count). The fraction of sp³-hybridized carbons (Fsp3) is 1.00. The Morgan fingerprint density at radius 1 is 1.00 bits per heavy atom. The van der Waals surface area contributed by atoms with Crippen LogP contribution in [0.5, 0.6) is 0 Å². The van der Waals surface area contributed by atoms with Crippen LogP contribution in [0, 0.1) is 5.92 Å². The highest BCUT2D eigenvalue weighted by molar-refractivity contribution is 6.47. The van der Waals surface area contributed by atoms with Crippen LogP contribution >= 0.6 is 24.8 Å². The Labute approximate surface area is 118 Å². The normalized spacial score (nSPS) is 22.9. The maximum atomic E-state index is 6.07. The van der Waals surface area contributed by atoms with Crippen molar-refractivity contribution in [1.29, 1.82) is 0 Å². The zero-order valence-corrected chi connectivity index (χ0v) is 13.3. The van der Waals surface area contributed by atoms with Crippen LogP contribution in [0.15, 0.2) is 0 Å². The summed E-state index contributed by atoms with van der Waals surface area (Å²) in [4.78, 5) is 0. The van der Waals surface area contributed by atoms with Gasteiger partial charge in [0.15, 0.2) is 0 Å². The quantitative estimate of drug-likeness (QED) is 0.811. The van der Waals surface area contributed by atoms with Gasteiger partial charge in [0, 0.05) is 5.94 Å². The Balaban J connectivity index is 0. The predicted molar refractivity (Wildman–Crippen MR) is 78.0 cm³/mol. The van der Waals surface area contributed by atoms with Crippen molar-refractivity contribution >= 4 is 31.9 Å². The summed E-state index contributed by atoms with van der Waals surface area (Å²) in [6.07, 6.45) is 0.927. The van der Waals surface area contributed by atoms with Gasteiger partial charge in [0.05, 0.1) is 11.2 Å². The maximum absolute atomic E-state index is 6.07. The number of rotatable bonds is 3. The van der Waals surface area contributed by atoms with E-state index >= 15 is 0 Å². The molecule has 0 aromatic heterocycles. The molecule has 0 spiro atoms. The van der Waals surface area contributed by atoms with E-state index in [4.69, 9.17) is 15.0 Å². The standard InChI is InChI=1S/C11H24BNO2.2ClH/c1-8(2)7-9(13)12-14-10(3,4)11(5,6)15-12;;/h8-9H,7,13H2,1-6H3;2*1H. The number of hydrogen-bond donors (Lipinski definition) is 1. The molecule has 0 bridgehead atoms. The van der Waals surface area contributed by atoms with Gasteiger partial charge < -0.3 is 15.0 Å². The van der Waals surface area contributed by atoms with Crippen LogP contribution in [0.2, 0.25) is 0 Å². The lowest BCUT2D eigenvalue weighted by molar-refractivity contribution is 0.00578. The summed E-state index contributed by atoms with van der Waals surface area (Å²) in [6, 6.07) is 0. The first-order chi connectivity index (χ1) is 6.66. The molecule has 0 amide bonds. The molecule has 1 unspecified atom stereocenters. The van der Waals surface area contributed by atoms with Crippen LogP contribution in [0.4, 0.5) is 0 Å². The minimum atomic E-state index is -0.272. The Kier molecular flexibility index (Phi) is 7.73. The lowest BCUT2D eigenvalue weighted by Gasteiger charge is -2.32. The topological polar surface area (TPSA) is 44.5 Å². The average molecular weight is 286 g/mol. The zero-order chi connectivity index (χ0) is 11.9. The molecule has 1 atom stereocenters. The van der Waals surface area contributed by atoms with Crippen molar-refractivity contribution in [1.82, 2.24) is 0 Å². The summed E-state index contributed by atoms with van der Waals surface area (Å²) in [6.45, 7) is 12.5. The van der Waals surface area contributed by atoms with Gasteiger partial charge in [-0.15, -0.1) is 24.8 Å². The molecule has 104 valence electrons. The second kappa shape index (κ2) is 6.62. The van der Waals surface area contributed by atoms with Gasteiger partial charge in [-0.3, -0.25) is 0 Å². The highest BCUT2D eigenvalue weighted by Crippen LogP contribution is 2.37. The number of nitrogens with two attached hydrogens (primary N) is 1. The molecule has 6 heteroatoms. The molecule has 0 saturated carbocycles. The molecule has 2 N–H and O–H groups in total. The maximum Gasteiger partial charge on any atom is 0.475 e. The Morgan fingerprint density at radius 2 is 1.35 bits per heavy atom.